The molecule has 1 aliphatic rings. The molecule has 0 atom stereocenters. The van der Waals surface area contributed by atoms with Crippen molar-refractivity contribution in [3.05, 3.63) is 53.3 Å². The first kappa shape index (κ1) is 34.1. The van der Waals surface area contributed by atoms with Crippen LogP contribution in [0.3, 0.4) is 0 Å². The Bertz CT molecular complexity index is 1160. The first-order chi connectivity index (χ1) is 19.1. The Morgan fingerprint density at radius 2 is 1.65 bits per heavy atom. The number of carbonyl (C=O) groups excluding carboxylic acids is 1. The standard InChI is InChI=1S/C27H33FN2O5S.C2H7N.H2S/c1-36-30(9-11-33-13-15-34-14-12-32-10-8-29)25-17-26-23(16-22(25)19-2-3-19)24(18-31)27(35-26)20-4-6-21(28)7-5-20;1-3-2;/h4-7,16-19H,2-3,8-15,29H2,1H3;3H,1-2H3;1H2. The third-order valence-corrected chi connectivity index (χ3v) is 6.87. The number of halogens is 1. The molecule has 0 radical (unpaired) electrons. The SMILES string of the molecule is CNC.CSN(CCOCCOCCOCCN)c1cc2oc(-c3ccc(F)cc3)c(C=O)c2cc1C1CC1.S. The summed E-state index contributed by atoms with van der Waals surface area (Å²) in [5.41, 5.74) is 9.48. The topological polar surface area (TPSA) is 99.2 Å². The van der Waals surface area contributed by atoms with Gasteiger partial charge in [0.1, 0.15) is 17.2 Å². The zero-order valence-electron chi connectivity index (χ0n) is 23.5. The molecule has 11 heteroatoms. The number of rotatable bonds is 16. The zero-order valence-corrected chi connectivity index (χ0v) is 25.4. The smallest absolute Gasteiger partial charge is 0.154 e. The molecule has 3 N–H and O–H groups in total. The third-order valence-electron chi connectivity index (χ3n) is 6.05. The van der Waals surface area contributed by atoms with Crippen LogP contribution in [-0.4, -0.2) is 79.4 Å². The molecule has 2 aromatic carbocycles. The molecule has 4 rings (SSSR count). The van der Waals surface area contributed by atoms with Gasteiger partial charge in [0, 0.05) is 29.8 Å². The highest BCUT2D eigenvalue weighted by Crippen LogP contribution is 2.48. The number of nitrogens with one attached hydrogen (secondary N) is 1. The van der Waals surface area contributed by atoms with Crippen molar-refractivity contribution >= 4 is 48.4 Å². The summed E-state index contributed by atoms with van der Waals surface area (Å²) in [5, 5.41) is 3.54. The largest absolute Gasteiger partial charge is 0.455 e. The Morgan fingerprint density at radius 1 is 1.05 bits per heavy atom. The van der Waals surface area contributed by atoms with Crippen LogP contribution in [0.15, 0.2) is 40.8 Å². The van der Waals surface area contributed by atoms with Gasteiger partial charge in [0.2, 0.25) is 0 Å². The first-order valence-corrected chi connectivity index (χ1v) is 14.4. The third kappa shape index (κ3) is 9.76. The molecule has 0 aliphatic heterocycles. The van der Waals surface area contributed by atoms with E-state index in [4.69, 9.17) is 24.4 Å². The summed E-state index contributed by atoms with van der Waals surface area (Å²) in [4.78, 5) is 12.0. The average Bonchev–Trinajstić information content (AvgIpc) is 3.73. The summed E-state index contributed by atoms with van der Waals surface area (Å²) in [6, 6.07) is 10.1. The molecule has 0 spiro atoms. The van der Waals surface area contributed by atoms with Crippen LogP contribution in [0.4, 0.5) is 10.1 Å². The molecule has 3 aromatic rings. The van der Waals surface area contributed by atoms with E-state index >= 15 is 0 Å². The molecule has 1 aromatic heterocycles. The van der Waals surface area contributed by atoms with E-state index in [2.05, 4.69) is 15.7 Å². The monoisotopic (exact) mass is 595 g/mol. The molecule has 40 heavy (non-hydrogen) atoms. The highest BCUT2D eigenvalue weighted by atomic mass is 32.2. The van der Waals surface area contributed by atoms with Gasteiger partial charge in [-0.15, -0.1) is 0 Å². The number of nitrogens with two attached hydrogens (primary N) is 1. The lowest BCUT2D eigenvalue weighted by molar-refractivity contribution is 0.0176. The number of carbonyl (C=O) groups is 1. The predicted octanol–water partition coefficient (Wildman–Crippen LogP) is 4.97. The van der Waals surface area contributed by atoms with E-state index in [1.807, 2.05) is 26.4 Å². The zero-order chi connectivity index (χ0) is 28.0. The summed E-state index contributed by atoms with van der Waals surface area (Å²) in [6.45, 7) is 4.38. The molecule has 222 valence electrons. The number of benzene rings is 2. The summed E-state index contributed by atoms with van der Waals surface area (Å²) in [7, 11) is 3.75. The van der Waals surface area contributed by atoms with Crippen LogP contribution in [-0.2, 0) is 14.2 Å². The average molecular weight is 596 g/mol. The molecule has 8 nitrogen and oxygen atoms in total. The van der Waals surface area contributed by atoms with Crippen molar-refractivity contribution < 1.29 is 27.8 Å². The second-order valence-corrected chi connectivity index (χ2v) is 9.87. The molecular weight excluding hydrogens is 553 g/mol. The van der Waals surface area contributed by atoms with Gasteiger partial charge in [-0.3, -0.25) is 4.79 Å². The Morgan fingerprint density at radius 3 is 2.20 bits per heavy atom. The van der Waals surface area contributed by atoms with Gasteiger partial charge < -0.3 is 34.0 Å². The fourth-order valence-electron chi connectivity index (χ4n) is 4.12. The van der Waals surface area contributed by atoms with Crippen molar-refractivity contribution in [3.63, 3.8) is 0 Å². The van der Waals surface area contributed by atoms with E-state index in [9.17, 15) is 9.18 Å². The van der Waals surface area contributed by atoms with Gasteiger partial charge in [0.25, 0.3) is 0 Å². The molecule has 0 saturated heterocycles. The van der Waals surface area contributed by atoms with Crippen molar-refractivity contribution in [1.29, 1.82) is 0 Å². The number of hydrogen-bond donors (Lipinski definition) is 2. The molecule has 0 amide bonds. The van der Waals surface area contributed by atoms with Crippen LogP contribution >= 0.6 is 25.4 Å². The van der Waals surface area contributed by atoms with E-state index in [1.165, 1.54) is 17.7 Å². The summed E-state index contributed by atoms with van der Waals surface area (Å²) in [5.74, 6) is 0.603. The minimum absolute atomic E-state index is 0. The quantitative estimate of drug-likeness (QED) is 0.135. The van der Waals surface area contributed by atoms with Crippen molar-refractivity contribution in [2.24, 2.45) is 5.73 Å². The second kappa shape index (κ2) is 18.3. The van der Waals surface area contributed by atoms with Crippen molar-refractivity contribution in [2.75, 3.05) is 77.4 Å². The van der Waals surface area contributed by atoms with Crippen LogP contribution in [0.1, 0.15) is 34.7 Å². The lowest BCUT2D eigenvalue weighted by atomic mass is 10.0. The van der Waals surface area contributed by atoms with E-state index < -0.39 is 0 Å². The highest BCUT2D eigenvalue weighted by Gasteiger charge is 2.30. The number of hydrogen-bond acceptors (Lipinski definition) is 9. The van der Waals surface area contributed by atoms with Gasteiger partial charge in [-0.2, -0.15) is 13.5 Å². The number of fused-ring (bicyclic) bond motifs is 1. The van der Waals surface area contributed by atoms with Gasteiger partial charge in [-0.25, -0.2) is 4.39 Å². The van der Waals surface area contributed by atoms with E-state index in [0.717, 1.165) is 30.2 Å². The van der Waals surface area contributed by atoms with Gasteiger partial charge in [-0.1, -0.05) is 11.9 Å². The lowest BCUT2D eigenvalue weighted by Gasteiger charge is -2.24. The van der Waals surface area contributed by atoms with Crippen molar-refractivity contribution in [1.82, 2.24) is 5.32 Å². The van der Waals surface area contributed by atoms with E-state index in [0.29, 0.717) is 81.1 Å². The van der Waals surface area contributed by atoms with Gasteiger partial charge in [-0.05, 0) is 68.8 Å². The maximum atomic E-state index is 13.4. The summed E-state index contributed by atoms with van der Waals surface area (Å²) < 4.78 is 38.4. The van der Waals surface area contributed by atoms with Gasteiger partial charge >= 0.3 is 0 Å². The maximum absolute atomic E-state index is 13.4. The number of nitrogens with zero attached hydrogens (tertiary/aromatic N) is 1. The van der Waals surface area contributed by atoms with Gasteiger partial charge in [0.05, 0.1) is 57.4 Å². The summed E-state index contributed by atoms with van der Waals surface area (Å²) in [6.07, 6.45) is 5.12. The van der Waals surface area contributed by atoms with Crippen molar-refractivity contribution in [3.8, 4) is 11.3 Å². The number of furan rings is 1. The van der Waals surface area contributed by atoms with Crippen LogP contribution in [0, 0.1) is 5.82 Å². The fraction of sp³-hybridized carbons (Fsp3) is 0.483. The van der Waals surface area contributed by atoms with Crippen LogP contribution in [0.5, 0.6) is 0 Å². The van der Waals surface area contributed by atoms with E-state index in [-0.39, 0.29) is 19.3 Å². The second-order valence-electron chi connectivity index (χ2n) is 9.06. The molecule has 1 saturated carbocycles. The van der Waals surface area contributed by atoms with Crippen LogP contribution in [0.25, 0.3) is 22.3 Å². The van der Waals surface area contributed by atoms with Crippen LogP contribution in [0.2, 0.25) is 0 Å². The normalized spacial score (nSPS) is 12.5. The first-order valence-electron chi connectivity index (χ1n) is 13.2. The lowest BCUT2D eigenvalue weighted by Crippen LogP contribution is -2.22. The highest BCUT2D eigenvalue weighted by molar-refractivity contribution is 7.99. The number of anilines is 1. The molecular formula is C29H42FN3O5S2. The maximum Gasteiger partial charge on any atom is 0.154 e. The molecule has 0 unspecified atom stereocenters. The van der Waals surface area contributed by atoms with Crippen LogP contribution < -0.4 is 15.4 Å². The Labute approximate surface area is 247 Å². The predicted molar refractivity (Wildman–Crippen MR) is 167 cm³/mol. The van der Waals surface area contributed by atoms with Gasteiger partial charge in [0.15, 0.2) is 6.29 Å². The molecule has 1 fully saturated rings. The number of aldehydes is 1. The molecule has 1 heterocycles. The molecule has 1 aliphatic carbocycles. The Kier molecular flexibility index (Phi) is 15.6. The van der Waals surface area contributed by atoms with Crippen molar-refractivity contribution in [2.45, 2.75) is 18.8 Å². The summed E-state index contributed by atoms with van der Waals surface area (Å²) >= 11 is 1.63. The molecule has 0 bridgehead atoms. The Hall–Kier alpha value is -2.12. The Balaban J connectivity index is 0.00000134. The number of ether oxygens (including phenoxy) is 3. The van der Waals surface area contributed by atoms with E-state index in [1.54, 1.807) is 24.1 Å². The minimum atomic E-state index is -0.332. The minimum Gasteiger partial charge on any atom is -0.455 e. The fourth-order valence-corrected chi connectivity index (χ4v) is 4.73.